The van der Waals surface area contributed by atoms with Crippen molar-refractivity contribution >= 4 is 16.6 Å². The van der Waals surface area contributed by atoms with Crippen molar-refractivity contribution in [3.8, 4) is 11.1 Å². The SMILES string of the molecule is Cc1nc2c(-c3ccccc3)cccc2c(N)c1C. The third-order valence-corrected chi connectivity index (χ3v) is 3.64. The van der Waals surface area contributed by atoms with Crippen LogP contribution in [0, 0.1) is 13.8 Å². The highest BCUT2D eigenvalue weighted by molar-refractivity contribution is 6.00. The first-order valence-corrected chi connectivity index (χ1v) is 6.39. The Kier molecular flexibility index (Phi) is 2.71. The lowest BCUT2D eigenvalue weighted by Gasteiger charge is -2.12. The summed E-state index contributed by atoms with van der Waals surface area (Å²) in [7, 11) is 0. The lowest BCUT2D eigenvalue weighted by Crippen LogP contribution is -1.98. The minimum atomic E-state index is 0.834. The highest BCUT2D eigenvalue weighted by atomic mass is 14.7. The van der Waals surface area contributed by atoms with Gasteiger partial charge in [0.1, 0.15) is 0 Å². The number of hydrogen-bond donors (Lipinski definition) is 1. The normalized spacial score (nSPS) is 10.8. The zero-order valence-corrected chi connectivity index (χ0v) is 11.1. The van der Waals surface area contributed by atoms with E-state index in [0.29, 0.717) is 0 Å². The first kappa shape index (κ1) is 11.7. The van der Waals surface area contributed by atoms with E-state index in [1.54, 1.807) is 0 Å². The van der Waals surface area contributed by atoms with Crippen molar-refractivity contribution < 1.29 is 0 Å². The summed E-state index contributed by atoms with van der Waals surface area (Å²) in [4.78, 5) is 4.73. The van der Waals surface area contributed by atoms with Gasteiger partial charge in [-0.05, 0) is 25.0 Å². The summed E-state index contributed by atoms with van der Waals surface area (Å²) in [6, 6.07) is 16.5. The molecule has 0 radical (unpaired) electrons. The Morgan fingerprint density at radius 2 is 1.63 bits per heavy atom. The summed E-state index contributed by atoms with van der Waals surface area (Å²) in [5, 5.41) is 1.03. The van der Waals surface area contributed by atoms with Gasteiger partial charge >= 0.3 is 0 Å². The maximum Gasteiger partial charge on any atom is 0.0804 e. The number of nitrogen functional groups attached to an aromatic ring is 1. The molecule has 94 valence electrons. The molecular weight excluding hydrogens is 232 g/mol. The highest BCUT2D eigenvalue weighted by Crippen LogP contribution is 2.32. The number of nitrogens with two attached hydrogens (primary N) is 1. The van der Waals surface area contributed by atoms with E-state index >= 15 is 0 Å². The molecule has 0 aliphatic heterocycles. The van der Waals surface area contributed by atoms with Gasteiger partial charge in [0, 0.05) is 22.3 Å². The van der Waals surface area contributed by atoms with Gasteiger partial charge in [-0.25, -0.2) is 0 Å². The Morgan fingerprint density at radius 3 is 2.37 bits per heavy atom. The van der Waals surface area contributed by atoms with E-state index in [9.17, 15) is 0 Å². The predicted molar refractivity (Wildman–Crippen MR) is 81.1 cm³/mol. The second-order valence-electron chi connectivity index (χ2n) is 4.80. The number of para-hydroxylation sites is 1. The van der Waals surface area contributed by atoms with E-state index in [2.05, 4.69) is 18.2 Å². The molecule has 3 aromatic rings. The molecule has 0 amide bonds. The first-order valence-electron chi connectivity index (χ1n) is 6.39. The number of benzene rings is 2. The van der Waals surface area contributed by atoms with Gasteiger partial charge in [-0.15, -0.1) is 0 Å². The molecular formula is C17H16N2. The number of hydrogen-bond acceptors (Lipinski definition) is 2. The molecule has 1 aromatic heterocycles. The Bertz CT molecular complexity index is 746. The molecule has 0 bridgehead atoms. The number of aromatic nitrogens is 1. The largest absolute Gasteiger partial charge is 0.398 e. The highest BCUT2D eigenvalue weighted by Gasteiger charge is 2.10. The van der Waals surface area contributed by atoms with Gasteiger partial charge in [-0.3, -0.25) is 4.98 Å². The molecule has 2 aromatic carbocycles. The fourth-order valence-electron chi connectivity index (χ4n) is 2.38. The Balaban J connectivity index is 2.39. The summed E-state index contributed by atoms with van der Waals surface area (Å²) in [5.41, 5.74) is 12.4. The van der Waals surface area contributed by atoms with Gasteiger partial charge in [-0.2, -0.15) is 0 Å². The molecule has 3 rings (SSSR count). The van der Waals surface area contributed by atoms with Crippen molar-refractivity contribution in [3.05, 3.63) is 59.8 Å². The number of pyridine rings is 1. The molecule has 19 heavy (non-hydrogen) atoms. The van der Waals surface area contributed by atoms with Crippen LogP contribution >= 0.6 is 0 Å². The first-order chi connectivity index (χ1) is 9.18. The standard InChI is InChI=1S/C17H16N2/c1-11-12(2)19-17-14(13-7-4-3-5-8-13)9-6-10-15(17)16(11)18/h3-10H,1-2H3,(H2,18,19). The van der Waals surface area contributed by atoms with Crippen LogP contribution in [0.25, 0.3) is 22.0 Å². The van der Waals surface area contributed by atoms with E-state index in [0.717, 1.165) is 33.4 Å². The average molecular weight is 248 g/mol. The molecule has 2 heteroatoms. The maximum atomic E-state index is 6.23. The Hall–Kier alpha value is -2.35. The molecule has 0 atom stereocenters. The summed E-state index contributed by atoms with van der Waals surface area (Å²) < 4.78 is 0. The fraction of sp³-hybridized carbons (Fsp3) is 0.118. The van der Waals surface area contributed by atoms with Crippen LogP contribution in [0.2, 0.25) is 0 Å². The monoisotopic (exact) mass is 248 g/mol. The molecule has 2 nitrogen and oxygen atoms in total. The van der Waals surface area contributed by atoms with Crippen LogP contribution in [0.15, 0.2) is 48.5 Å². The Labute approximate surface area is 112 Å². The predicted octanol–water partition coefficient (Wildman–Crippen LogP) is 4.10. The maximum absolute atomic E-state index is 6.23. The van der Waals surface area contributed by atoms with Crippen LogP contribution in [0.3, 0.4) is 0 Å². The fourth-order valence-corrected chi connectivity index (χ4v) is 2.38. The molecule has 2 N–H and O–H groups in total. The lowest BCUT2D eigenvalue weighted by atomic mass is 9.99. The number of fused-ring (bicyclic) bond motifs is 1. The number of rotatable bonds is 1. The molecule has 0 spiro atoms. The molecule has 0 fully saturated rings. The second-order valence-corrected chi connectivity index (χ2v) is 4.80. The number of aryl methyl sites for hydroxylation is 1. The lowest BCUT2D eigenvalue weighted by molar-refractivity contribution is 1.20. The number of nitrogens with zero attached hydrogens (tertiary/aromatic N) is 1. The van der Waals surface area contributed by atoms with E-state index in [4.69, 9.17) is 10.7 Å². The van der Waals surface area contributed by atoms with Crippen molar-refractivity contribution in [2.75, 3.05) is 5.73 Å². The van der Waals surface area contributed by atoms with E-state index in [1.165, 1.54) is 5.56 Å². The minimum absolute atomic E-state index is 0.834. The number of anilines is 1. The van der Waals surface area contributed by atoms with Crippen LogP contribution in [0.1, 0.15) is 11.3 Å². The van der Waals surface area contributed by atoms with Crippen molar-refractivity contribution in [2.45, 2.75) is 13.8 Å². The van der Waals surface area contributed by atoms with Crippen LogP contribution in [-0.4, -0.2) is 4.98 Å². The third kappa shape index (κ3) is 1.85. The zero-order chi connectivity index (χ0) is 13.4. The van der Waals surface area contributed by atoms with E-state index < -0.39 is 0 Å². The summed E-state index contributed by atoms with van der Waals surface area (Å²) in [6.07, 6.45) is 0. The Morgan fingerprint density at radius 1 is 0.895 bits per heavy atom. The van der Waals surface area contributed by atoms with Gasteiger partial charge in [-0.1, -0.05) is 48.5 Å². The zero-order valence-electron chi connectivity index (χ0n) is 11.1. The van der Waals surface area contributed by atoms with Gasteiger partial charge in [0.15, 0.2) is 0 Å². The van der Waals surface area contributed by atoms with Crippen molar-refractivity contribution in [2.24, 2.45) is 0 Å². The molecule has 0 aliphatic rings. The van der Waals surface area contributed by atoms with Crippen molar-refractivity contribution in [1.82, 2.24) is 4.98 Å². The smallest absolute Gasteiger partial charge is 0.0804 e. The van der Waals surface area contributed by atoms with Gasteiger partial charge < -0.3 is 5.73 Å². The summed E-state index contributed by atoms with van der Waals surface area (Å²) in [5.74, 6) is 0. The minimum Gasteiger partial charge on any atom is -0.398 e. The third-order valence-electron chi connectivity index (χ3n) is 3.64. The van der Waals surface area contributed by atoms with Gasteiger partial charge in [0.2, 0.25) is 0 Å². The van der Waals surface area contributed by atoms with Crippen molar-refractivity contribution in [1.29, 1.82) is 0 Å². The van der Waals surface area contributed by atoms with E-state index in [1.807, 2.05) is 44.2 Å². The molecule has 1 heterocycles. The summed E-state index contributed by atoms with van der Waals surface area (Å²) >= 11 is 0. The van der Waals surface area contributed by atoms with Crippen LogP contribution in [0.4, 0.5) is 5.69 Å². The van der Waals surface area contributed by atoms with Crippen LogP contribution in [0.5, 0.6) is 0 Å². The summed E-state index contributed by atoms with van der Waals surface area (Å²) in [6.45, 7) is 4.03. The van der Waals surface area contributed by atoms with Crippen molar-refractivity contribution in [3.63, 3.8) is 0 Å². The molecule has 0 unspecified atom stereocenters. The van der Waals surface area contributed by atoms with Crippen LogP contribution in [-0.2, 0) is 0 Å². The van der Waals surface area contributed by atoms with Crippen LogP contribution < -0.4 is 5.73 Å². The second kappa shape index (κ2) is 4.39. The average Bonchev–Trinajstić information content (AvgIpc) is 2.45. The van der Waals surface area contributed by atoms with E-state index in [-0.39, 0.29) is 0 Å². The molecule has 0 aliphatic carbocycles. The quantitative estimate of drug-likeness (QED) is 0.704. The van der Waals surface area contributed by atoms with Gasteiger partial charge in [0.25, 0.3) is 0 Å². The topological polar surface area (TPSA) is 38.9 Å². The molecule has 0 saturated carbocycles. The van der Waals surface area contributed by atoms with Gasteiger partial charge in [0.05, 0.1) is 5.52 Å². The molecule has 0 saturated heterocycles.